The highest BCUT2D eigenvalue weighted by Crippen LogP contribution is 2.63. The minimum absolute atomic E-state index is 0.0367. The number of aliphatic hydroxyl groups is 1. The summed E-state index contributed by atoms with van der Waals surface area (Å²) in [6, 6.07) is 0. The number of fused-ring (bicyclic) bond motifs is 3. The van der Waals surface area contributed by atoms with E-state index in [0.717, 1.165) is 12.5 Å². The Balaban J connectivity index is 1.73. The van der Waals surface area contributed by atoms with Gasteiger partial charge in [0.1, 0.15) is 12.8 Å². The fourth-order valence-electron chi connectivity index (χ4n) is 6.10. The predicted octanol–water partition coefficient (Wildman–Crippen LogP) is 4.78. The maximum Gasteiger partial charge on any atom is 0.306 e. The van der Waals surface area contributed by atoms with Crippen LogP contribution in [0.2, 0.25) is 0 Å². The molecule has 0 aromatic carbocycles. The molecule has 3 aliphatic rings. The summed E-state index contributed by atoms with van der Waals surface area (Å²) >= 11 is 0. The van der Waals surface area contributed by atoms with Gasteiger partial charge in [-0.15, -0.1) is 0 Å². The van der Waals surface area contributed by atoms with Gasteiger partial charge in [-0.2, -0.15) is 0 Å². The molecule has 0 unspecified atom stereocenters. The van der Waals surface area contributed by atoms with Crippen molar-refractivity contribution in [3.8, 4) is 0 Å². The monoisotopic (exact) mass is 478 g/mol. The van der Waals surface area contributed by atoms with Crippen LogP contribution in [0.3, 0.4) is 0 Å². The quantitative estimate of drug-likeness (QED) is 0.381. The molecule has 0 heterocycles. The average Bonchev–Trinajstić information content (AvgIpc) is 2.77. The van der Waals surface area contributed by atoms with Gasteiger partial charge in [-0.1, -0.05) is 38.5 Å². The van der Waals surface area contributed by atoms with Crippen LogP contribution in [0.5, 0.6) is 0 Å². The summed E-state index contributed by atoms with van der Waals surface area (Å²) in [7, 11) is 0. The first-order valence-corrected chi connectivity index (χ1v) is 12.2. The molecule has 3 rings (SSSR count). The second-order valence-electron chi connectivity index (χ2n) is 10.4. The fraction of sp³-hybridized carbons (Fsp3) is 0.667. The number of halogens is 2. The lowest BCUT2D eigenvalue weighted by atomic mass is 9.48. The first kappa shape index (κ1) is 26.5. The van der Waals surface area contributed by atoms with E-state index in [0.29, 0.717) is 18.4 Å². The fourth-order valence-corrected chi connectivity index (χ4v) is 6.10. The Morgan fingerprint density at radius 1 is 1.38 bits per heavy atom. The Morgan fingerprint density at radius 3 is 2.76 bits per heavy atom. The van der Waals surface area contributed by atoms with Gasteiger partial charge >= 0.3 is 5.97 Å². The molecule has 0 spiro atoms. The molecule has 0 aliphatic heterocycles. The maximum absolute atomic E-state index is 16.9. The summed E-state index contributed by atoms with van der Waals surface area (Å²) in [5.74, 6) is -2.44. The van der Waals surface area contributed by atoms with Crippen molar-refractivity contribution in [2.45, 2.75) is 83.7 Å². The molecule has 3 aliphatic carbocycles. The van der Waals surface area contributed by atoms with Gasteiger partial charge in [0.25, 0.3) is 0 Å². The topological polar surface area (TPSA) is 80.7 Å². The van der Waals surface area contributed by atoms with E-state index in [9.17, 15) is 19.5 Å². The Kier molecular flexibility index (Phi) is 7.96. The van der Waals surface area contributed by atoms with Crippen molar-refractivity contribution in [1.29, 1.82) is 0 Å². The van der Waals surface area contributed by atoms with E-state index in [1.54, 1.807) is 6.92 Å². The van der Waals surface area contributed by atoms with Crippen molar-refractivity contribution < 1.29 is 33.0 Å². The third-order valence-electron chi connectivity index (χ3n) is 7.92. The highest BCUT2D eigenvalue weighted by atomic mass is 19.1. The van der Waals surface area contributed by atoms with Gasteiger partial charge in [0, 0.05) is 24.2 Å². The molecule has 2 fully saturated rings. The first-order valence-electron chi connectivity index (χ1n) is 12.2. The van der Waals surface area contributed by atoms with Crippen LogP contribution in [-0.4, -0.2) is 47.2 Å². The molecule has 0 aromatic heterocycles. The van der Waals surface area contributed by atoms with Gasteiger partial charge in [0.15, 0.2) is 17.2 Å². The molecule has 188 valence electrons. The van der Waals surface area contributed by atoms with Crippen LogP contribution >= 0.6 is 0 Å². The summed E-state index contributed by atoms with van der Waals surface area (Å²) in [5.41, 5.74) is -2.87. The van der Waals surface area contributed by atoms with Crippen LogP contribution in [0, 0.1) is 23.2 Å². The van der Waals surface area contributed by atoms with Crippen molar-refractivity contribution >= 4 is 17.5 Å². The van der Waals surface area contributed by atoms with Crippen molar-refractivity contribution in [2.24, 2.45) is 23.2 Å². The number of carbonyl (C=O) groups is 3. The summed E-state index contributed by atoms with van der Waals surface area (Å²) in [6.07, 6.45) is 3.21. The summed E-state index contributed by atoms with van der Waals surface area (Å²) in [4.78, 5) is 35.9. The Hall–Kier alpha value is -2.15. The minimum Gasteiger partial charge on any atom is -0.458 e. The van der Waals surface area contributed by atoms with E-state index < -0.39 is 41.2 Å². The second kappa shape index (κ2) is 10.2. The standard InChI is InChI=1S/C27H36F2O5/c1-5-6-7-25(33)34-15-19(31)10-16(2)11-20-17(3)12-24(32)27(29)21(20)14-23(28)22-13-18(30)8-9-26(22,27)4/h8-9,13,16,20-21,23-24,32H,3,5-7,10-12,14-15H2,1-2,4H3/t16-,20+,21-,23-,24-,26-,27-/m0/s1. The number of aliphatic hydroxyl groups excluding tert-OH is 1. The molecule has 34 heavy (non-hydrogen) atoms. The smallest absolute Gasteiger partial charge is 0.306 e. The zero-order chi connectivity index (χ0) is 25.3. The molecule has 0 aromatic rings. The maximum atomic E-state index is 16.9. The number of Topliss-reactive ketones (excluding diaryl/α,β-unsaturated/α-hetero) is 1. The van der Waals surface area contributed by atoms with Gasteiger partial charge in [0.05, 0.1) is 6.10 Å². The van der Waals surface area contributed by atoms with Crippen LogP contribution in [0.15, 0.2) is 36.0 Å². The molecule has 1 N–H and O–H groups in total. The zero-order valence-electron chi connectivity index (χ0n) is 20.3. The molecule has 0 radical (unpaired) electrons. The Morgan fingerprint density at radius 2 is 2.09 bits per heavy atom. The lowest BCUT2D eigenvalue weighted by Gasteiger charge is -2.59. The highest BCUT2D eigenvalue weighted by Gasteiger charge is 2.67. The number of hydrogen-bond acceptors (Lipinski definition) is 5. The normalized spacial score (nSPS) is 35.8. The Labute approximate surface area is 200 Å². The molecule has 0 saturated heterocycles. The SMILES string of the molecule is C=C1C[C@H](O)[C@@]2(F)[C@@H](C[C@H](F)C3=CC(=O)C=C[C@@]32C)[C@@H]1C[C@@H](C)CC(=O)COC(=O)CCCC. The molecule has 0 amide bonds. The molecule has 5 nitrogen and oxygen atoms in total. The van der Waals surface area contributed by atoms with Gasteiger partial charge in [-0.3, -0.25) is 14.4 Å². The summed E-state index contributed by atoms with van der Waals surface area (Å²) in [5, 5.41) is 10.9. The number of esters is 1. The number of unbranched alkanes of at least 4 members (excludes halogenated alkanes) is 1. The third-order valence-corrected chi connectivity index (χ3v) is 7.92. The Bertz CT molecular complexity index is 909. The number of carbonyl (C=O) groups excluding carboxylic acids is 3. The number of ether oxygens (including phenoxy) is 1. The van der Waals surface area contributed by atoms with E-state index in [-0.39, 0.29) is 55.3 Å². The van der Waals surface area contributed by atoms with Gasteiger partial charge < -0.3 is 9.84 Å². The van der Waals surface area contributed by atoms with Crippen LogP contribution < -0.4 is 0 Å². The van der Waals surface area contributed by atoms with E-state index in [1.165, 1.54) is 12.2 Å². The van der Waals surface area contributed by atoms with Crippen molar-refractivity contribution in [2.75, 3.05) is 6.61 Å². The first-order chi connectivity index (χ1) is 15.9. The van der Waals surface area contributed by atoms with Crippen molar-refractivity contribution in [1.82, 2.24) is 0 Å². The highest BCUT2D eigenvalue weighted by molar-refractivity contribution is 6.01. The average molecular weight is 479 g/mol. The van der Waals surface area contributed by atoms with Crippen LogP contribution in [0.4, 0.5) is 8.78 Å². The number of rotatable bonds is 9. The number of alkyl halides is 2. The molecular formula is C27H36F2O5. The summed E-state index contributed by atoms with van der Waals surface area (Å²) < 4.78 is 37.2. The van der Waals surface area contributed by atoms with E-state index in [4.69, 9.17) is 4.74 Å². The van der Waals surface area contributed by atoms with Crippen LogP contribution in [0.25, 0.3) is 0 Å². The predicted molar refractivity (Wildman–Crippen MR) is 124 cm³/mol. The van der Waals surface area contributed by atoms with Crippen LogP contribution in [0.1, 0.15) is 65.7 Å². The van der Waals surface area contributed by atoms with Crippen molar-refractivity contribution in [3.63, 3.8) is 0 Å². The van der Waals surface area contributed by atoms with Gasteiger partial charge in [-0.25, -0.2) is 8.78 Å². The van der Waals surface area contributed by atoms with Gasteiger partial charge in [0.2, 0.25) is 0 Å². The molecule has 0 bridgehead atoms. The summed E-state index contributed by atoms with van der Waals surface area (Å²) in [6.45, 7) is 9.15. The molecule has 2 saturated carbocycles. The lowest BCUT2D eigenvalue weighted by molar-refractivity contribution is -0.156. The van der Waals surface area contributed by atoms with E-state index >= 15 is 8.78 Å². The van der Waals surface area contributed by atoms with Crippen molar-refractivity contribution in [3.05, 3.63) is 36.0 Å². The third kappa shape index (κ3) is 4.81. The second-order valence-corrected chi connectivity index (χ2v) is 10.4. The number of ketones is 2. The molecule has 7 heteroatoms. The largest absolute Gasteiger partial charge is 0.458 e. The zero-order valence-corrected chi connectivity index (χ0v) is 20.3. The minimum atomic E-state index is -2.16. The van der Waals surface area contributed by atoms with Gasteiger partial charge in [-0.05, 0) is 62.2 Å². The van der Waals surface area contributed by atoms with Crippen LogP contribution in [-0.2, 0) is 19.1 Å². The lowest BCUT2D eigenvalue weighted by Crippen LogP contribution is -2.65. The number of hydrogen-bond donors (Lipinski definition) is 1. The number of allylic oxidation sites excluding steroid dienone is 4. The molecule has 7 atom stereocenters. The van der Waals surface area contributed by atoms with E-state index in [2.05, 4.69) is 6.58 Å². The van der Waals surface area contributed by atoms with E-state index in [1.807, 2.05) is 13.8 Å². The molecular weight excluding hydrogens is 442 g/mol.